The second-order valence-electron chi connectivity index (χ2n) is 6.69. The smallest absolute Gasteiger partial charge is 0.234 e. The lowest BCUT2D eigenvalue weighted by Gasteiger charge is -2.11. The van der Waals surface area contributed by atoms with E-state index in [2.05, 4.69) is 15.3 Å². The second-order valence-corrected chi connectivity index (χ2v) is 8.71. The van der Waals surface area contributed by atoms with Crippen LogP contribution >= 0.6 is 23.1 Å². The predicted molar refractivity (Wildman–Crippen MR) is 117 cm³/mol. The molecule has 0 unspecified atom stereocenters. The number of nitrogens with one attached hydrogen (secondary N) is 1. The van der Waals surface area contributed by atoms with E-state index in [-0.39, 0.29) is 11.7 Å². The van der Waals surface area contributed by atoms with Crippen molar-refractivity contribution in [2.24, 2.45) is 0 Å². The normalized spacial score (nSPS) is 13.2. The highest BCUT2D eigenvalue weighted by atomic mass is 32.2. The van der Waals surface area contributed by atoms with Crippen LogP contribution in [0.3, 0.4) is 0 Å². The molecule has 0 aliphatic heterocycles. The van der Waals surface area contributed by atoms with Gasteiger partial charge in [-0.3, -0.25) is 4.79 Å². The van der Waals surface area contributed by atoms with E-state index in [0.29, 0.717) is 28.2 Å². The summed E-state index contributed by atoms with van der Waals surface area (Å²) in [5.41, 5.74) is 8.13. The van der Waals surface area contributed by atoms with Gasteiger partial charge >= 0.3 is 0 Å². The van der Waals surface area contributed by atoms with Crippen LogP contribution in [0.25, 0.3) is 10.2 Å². The van der Waals surface area contributed by atoms with E-state index in [1.165, 1.54) is 35.0 Å². The van der Waals surface area contributed by atoms with Crippen molar-refractivity contribution in [2.75, 3.05) is 31.0 Å². The number of hydrogen-bond acceptors (Lipinski definition) is 8. The number of ether oxygens (including phenoxy) is 2. The van der Waals surface area contributed by atoms with E-state index in [1.807, 2.05) is 0 Å². The average molecular weight is 431 g/mol. The van der Waals surface area contributed by atoms with Crippen LogP contribution in [0, 0.1) is 0 Å². The van der Waals surface area contributed by atoms with Gasteiger partial charge in [-0.15, -0.1) is 11.3 Å². The van der Waals surface area contributed by atoms with Crippen molar-refractivity contribution in [3.63, 3.8) is 0 Å². The largest absolute Gasteiger partial charge is 0.497 e. The van der Waals surface area contributed by atoms with E-state index >= 15 is 0 Å². The third-order valence-electron chi connectivity index (χ3n) is 4.84. The molecule has 0 bridgehead atoms. The molecule has 4 rings (SSSR count). The Morgan fingerprint density at radius 1 is 1.24 bits per heavy atom. The number of nitrogen functional groups attached to an aromatic ring is 1. The minimum Gasteiger partial charge on any atom is -0.497 e. The first kappa shape index (κ1) is 19.8. The molecule has 1 aromatic carbocycles. The number of aryl methyl sites for hydroxylation is 2. The molecule has 0 spiro atoms. The molecule has 0 saturated heterocycles. The molecule has 0 saturated carbocycles. The highest BCUT2D eigenvalue weighted by molar-refractivity contribution is 7.99. The molecule has 0 atom stereocenters. The molecule has 0 fully saturated rings. The monoisotopic (exact) mass is 430 g/mol. The molecule has 2 heterocycles. The molecular weight excluding hydrogens is 408 g/mol. The van der Waals surface area contributed by atoms with Crippen molar-refractivity contribution in [1.82, 2.24) is 9.97 Å². The first-order valence-corrected chi connectivity index (χ1v) is 11.1. The fourth-order valence-corrected chi connectivity index (χ4v) is 5.43. The van der Waals surface area contributed by atoms with Crippen LogP contribution in [-0.2, 0) is 17.6 Å². The summed E-state index contributed by atoms with van der Waals surface area (Å²) in [6, 6.07) is 5.23. The second kappa shape index (κ2) is 8.46. The Morgan fingerprint density at radius 3 is 2.86 bits per heavy atom. The van der Waals surface area contributed by atoms with Gasteiger partial charge in [-0.1, -0.05) is 11.8 Å². The molecule has 2 aromatic heterocycles. The third-order valence-corrected chi connectivity index (χ3v) is 6.87. The number of nitrogens with zero attached hydrogens (tertiary/aromatic N) is 2. The van der Waals surface area contributed by atoms with Crippen molar-refractivity contribution in [2.45, 2.75) is 30.8 Å². The van der Waals surface area contributed by atoms with Crippen molar-refractivity contribution in [1.29, 1.82) is 0 Å². The van der Waals surface area contributed by atoms with Crippen LogP contribution in [-0.4, -0.2) is 35.8 Å². The molecule has 7 nitrogen and oxygen atoms in total. The zero-order valence-electron chi connectivity index (χ0n) is 16.3. The lowest BCUT2D eigenvalue weighted by atomic mass is 9.97. The zero-order chi connectivity index (χ0) is 20.4. The Labute approximate surface area is 177 Å². The van der Waals surface area contributed by atoms with Crippen LogP contribution in [0.2, 0.25) is 0 Å². The van der Waals surface area contributed by atoms with E-state index < -0.39 is 0 Å². The number of carbonyl (C=O) groups is 1. The number of anilines is 2. The number of hydrogen-bond donors (Lipinski definition) is 2. The summed E-state index contributed by atoms with van der Waals surface area (Å²) in [7, 11) is 3.13. The van der Waals surface area contributed by atoms with Crippen LogP contribution in [0.5, 0.6) is 11.5 Å². The Bertz CT molecular complexity index is 1070. The number of aromatic nitrogens is 2. The fourth-order valence-electron chi connectivity index (χ4n) is 3.45. The number of fused-ring (bicyclic) bond motifs is 3. The van der Waals surface area contributed by atoms with E-state index in [1.54, 1.807) is 43.8 Å². The topological polar surface area (TPSA) is 99.4 Å². The molecule has 3 N–H and O–H groups in total. The van der Waals surface area contributed by atoms with Gasteiger partial charge in [0.05, 0.1) is 31.0 Å². The van der Waals surface area contributed by atoms with E-state index in [4.69, 9.17) is 15.2 Å². The van der Waals surface area contributed by atoms with Crippen LogP contribution in [0.1, 0.15) is 23.3 Å². The summed E-state index contributed by atoms with van der Waals surface area (Å²) in [6.07, 6.45) is 4.53. The van der Waals surface area contributed by atoms with Gasteiger partial charge in [-0.2, -0.15) is 0 Å². The van der Waals surface area contributed by atoms with Crippen molar-refractivity contribution in [3.05, 3.63) is 28.6 Å². The summed E-state index contributed by atoms with van der Waals surface area (Å²) in [5.74, 6) is 1.70. The maximum absolute atomic E-state index is 12.4. The summed E-state index contributed by atoms with van der Waals surface area (Å²) in [5, 5.41) is 4.37. The van der Waals surface area contributed by atoms with Crippen molar-refractivity contribution in [3.8, 4) is 11.5 Å². The van der Waals surface area contributed by atoms with Gasteiger partial charge in [0.2, 0.25) is 5.91 Å². The molecule has 152 valence electrons. The molecule has 0 radical (unpaired) electrons. The number of carbonyl (C=O) groups excluding carboxylic acids is 1. The maximum Gasteiger partial charge on any atom is 0.234 e. The standard InChI is InChI=1S/C20H22N4O3S2/c1-26-11-7-8-13(14(9-11)27-2)22-16(25)10-28-20-23-18(21)17-12-5-3-4-6-15(12)29-19(17)24-20/h7-9H,3-6,10H2,1-2H3,(H,22,25)(H2,21,23,24). The Morgan fingerprint density at radius 2 is 2.07 bits per heavy atom. The Kier molecular flexibility index (Phi) is 5.77. The van der Waals surface area contributed by atoms with Crippen LogP contribution in [0.15, 0.2) is 23.4 Å². The lowest BCUT2D eigenvalue weighted by molar-refractivity contribution is -0.113. The minimum atomic E-state index is -0.175. The first-order chi connectivity index (χ1) is 14.1. The Hall–Kier alpha value is -2.52. The number of methoxy groups -OCH3 is 2. The quantitative estimate of drug-likeness (QED) is 0.452. The molecule has 9 heteroatoms. The summed E-state index contributed by atoms with van der Waals surface area (Å²) < 4.78 is 10.5. The number of amides is 1. The van der Waals surface area contributed by atoms with Crippen molar-refractivity contribution >= 4 is 50.7 Å². The summed E-state index contributed by atoms with van der Waals surface area (Å²) in [4.78, 5) is 23.8. The van der Waals surface area contributed by atoms with Gasteiger partial charge in [0.25, 0.3) is 0 Å². The predicted octanol–water partition coefficient (Wildman–Crippen LogP) is 3.90. The lowest BCUT2D eigenvalue weighted by Crippen LogP contribution is -2.15. The minimum absolute atomic E-state index is 0.172. The van der Waals surface area contributed by atoms with Gasteiger partial charge in [0.15, 0.2) is 5.16 Å². The average Bonchev–Trinajstić information content (AvgIpc) is 3.11. The SMILES string of the molecule is COc1ccc(NC(=O)CSc2nc(N)c3c4c(sc3n2)CCCC4)c(OC)c1. The third kappa shape index (κ3) is 4.11. The van der Waals surface area contributed by atoms with Gasteiger partial charge in [-0.25, -0.2) is 9.97 Å². The van der Waals surface area contributed by atoms with Crippen LogP contribution in [0.4, 0.5) is 11.5 Å². The number of nitrogens with two attached hydrogens (primary N) is 1. The van der Waals surface area contributed by atoms with E-state index in [9.17, 15) is 4.79 Å². The number of thiophene rings is 1. The van der Waals surface area contributed by atoms with Gasteiger partial charge < -0.3 is 20.5 Å². The van der Waals surface area contributed by atoms with Gasteiger partial charge in [0.1, 0.15) is 22.1 Å². The number of benzene rings is 1. The Balaban J connectivity index is 1.46. The molecule has 3 aromatic rings. The fraction of sp³-hybridized carbons (Fsp3) is 0.350. The number of thioether (sulfide) groups is 1. The van der Waals surface area contributed by atoms with Gasteiger partial charge in [0, 0.05) is 10.9 Å². The van der Waals surface area contributed by atoms with Crippen molar-refractivity contribution < 1.29 is 14.3 Å². The summed E-state index contributed by atoms with van der Waals surface area (Å²) >= 11 is 2.97. The van der Waals surface area contributed by atoms with Gasteiger partial charge in [-0.05, 0) is 43.4 Å². The van der Waals surface area contributed by atoms with Crippen LogP contribution < -0.4 is 20.5 Å². The summed E-state index contributed by atoms with van der Waals surface area (Å²) in [6.45, 7) is 0. The maximum atomic E-state index is 12.4. The first-order valence-electron chi connectivity index (χ1n) is 9.31. The number of rotatable bonds is 6. The molecule has 1 aliphatic carbocycles. The highest BCUT2D eigenvalue weighted by Crippen LogP contribution is 2.38. The van der Waals surface area contributed by atoms with E-state index in [0.717, 1.165) is 23.1 Å². The highest BCUT2D eigenvalue weighted by Gasteiger charge is 2.20. The molecule has 1 amide bonds. The molecule has 29 heavy (non-hydrogen) atoms. The molecular formula is C20H22N4O3S2. The zero-order valence-corrected chi connectivity index (χ0v) is 17.9. The molecule has 1 aliphatic rings.